The van der Waals surface area contributed by atoms with Gasteiger partial charge in [0.2, 0.25) is 0 Å². The minimum Gasteiger partial charge on any atom is -0.587 e. The van der Waals surface area contributed by atoms with Gasteiger partial charge in [0.05, 0.1) is 0 Å². The summed E-state index contributed by atoms with van der Waals surface area (Å²) in [4.78, 5) is 25.7. The topological polar surface area (TPSA) is 124 Å². The second kappa shape index (κ2) is 3.60. The molecule has 0 saturated carbocycles. The molecular weight excluding hydrogens is 205 g/mol. The van der Waals surface area contributed by atoms with Gasteiger partial charge in [-0.15, -0.1) is 4.89 Å². The fourth-order valence-corrected chi connectivity index (χ4v) is 2.19. The van der Waals surface area contributed by atoms with E-state index in [0.717, 1.165) is 0 Å². The van der Waals surface area contributed by atoms with Crippen LogP contribution in [0.3, 0.4) is 0 Å². The molecule has 0 aliphatic heterocycles. The van der Waals surface area contributed by atoms with E-state index in [-0.39, 0.29) is 0 Å². The van der Waals surface area contributed by atoms with Crippen LogP contribution >= 0.6 is 23.3 Å². The van der Waals surface area contributed by atoms with Crippen molar-refractivity contribution in [2.45, 2.75) is 0 Å². The Hall–Kier alpha value is 0.270. The Kier molecular flexibility index (Phi) is 3.70. The van der Waals surface area contributed by atoms with Crippen LogP contribution < -0.4 is 4.89 Å². The van der Waals surface area contributed by atoms with Crippen LogP contribution in [0, 0.1) is 0 Å². The summed E-state index contributed by atoms with van der Waals surface area (Å²) in [6.07, 6.45) is 0. The van der Waals surface area contributed by atoms with Gasteiger partial charge in [0, 0.05) is 8.88 Å². The highest BCUT2D eigenvalue weighted by molar-refractivity contribution is 8.20. The van der Waals surface area contributed by atoms with Crippen LogP contribution in [0.25, 0.3) is 0 Å². The second-order valence-electron chi connectivity index (χ2n) is 1.05. The predicted molar refractivity (Wildman–Crippen MR) is 28.3 cm³/mol. The highest BCUT2D eigenvalue weighted by atomic mass is 32.1. The molecule has 0 amide bonds. The molecule has 0 fully saturated rings. The molecule has 58 valence electrons. The van der Waals surface area contributed by atoms with Crippen LogP contribution in [0.5, 0.6) is 0 Å². The molecule has 0 aromatic rings. The summed E-state index contributed by atoms with van der Waals surface area (Å²) >= 11 is 0. The van der Waals surface area contributed by atoms with E-state index in [1.165, 1.54) is 0 Å². The van der Waals surface area contributed by atoms with E-state index in [2.05, 4.69) is 4.31 Å². The van der Waals surface area contributed by atoms with Gasteiger partial charge in [-0.05, 0) is 0 Å². The quantitative estimate of drug-likeness (QED) is 0.616. The standard InChI is InChI=1S/HO7P3/c1-8(2)7-10(5,6)9(3)4/h(H-,1,2,5,6)/p+1. The van der Waals surface area contributed by atoms with Crippen molar-refractivity contribution in [1.82, 2.24) is 0 Å². The SMILES string of the molecule is O=[P+](O)OP(=O)(O)[P+](=O)[O-]. The van der Waals surface area contributed by atoms with Crippen molar-refractivity contribution in [3.8, 4) is 0 Å². The Bertz CT molecular complexity index is 203. The lowest BCUT2D eigenvalue weighted by atomic mass is 15.8. The van der Waals surface area contributed by atoms with Crippen molar-refractivity contribution in [1.29, 1.82) is 0 Å². The predicted octanol–water partition coefficient (Wildman–Crippen LogP) is -0.144. The van der Waals surface area contributed by atoms with Crippen molar-refractivity contribution in [2.24, 2.45) is 0 Å². The van der Waals surface area contributed by atoms with E-state index >= 15 is 0 Å². The van der Waals surface area contributed by atoms with Crippen LogP contribution in [-0.4, -0.2) is 9.79 Å². The summed E-state index contributed by atoms with van der Waals surface area (Å²) in [5, 5.41) is 0. The molecule has 0 heterocycles. The average Bonchev–Trinajstić information content (AvgIpc) is 1.60. The summed E-state index contributed by atoms with van der Waals surface area (Å²) in [7, 11) is -12.0. The first-order valence-corrected chi connectivity index (χ1v) is 6.29. The zero-order chi connectivity index (χ0) is 8.36. The van der Waals surface area contributed by atoms with Crippen LogP contribution in [0.4, 0.5) is 0 Å². The Morgan fingerprint density at radius 3 is 2.00 bits per heavy atom. The Morgan fingerprint density at radius 1 is 1.50 bits per heavy atom. The third-order valence-corrected chi connectivity index (χ3v) is 4.10. The molecule has 0 rings (SSSR count). The summed E-state index contributed by atoms with van der Waals surface area (Å²) in [5.41, 5.74) is 0. The smallest absolute Gasteiger partial charge is 0.587 e. The lowest BCUT2D eigenvalue weighted by Crippen LogP contribution is -1.87. The second-order valence-corrected chi connectivity index (χ2v) is 6.13. The third kappa shape index (κ3) is 3.44. The fraction of sp³-hybridized carbons (Fsp3) is 0. The summed E-state index contributed by atoms with van der Waals surface area (Å²) in [6.45, 7) is 0. The molecule has 10 heavy (non-hydrogen) atoms. The Labute approximate surface area is 56.9 Å². The maximum absolute atomic E-state index is 10.1. The zero-order valence-corrected chi connectivity index (χ0v) is 6.96. The van der Waals surface area contributed by atoms with E-state index in [9.17, 15) is 18.6 Å². The van der Waals surface area contributed by atoms with Gasteiger partial charge in [0.1, 0.15) is 0 Å². The van der Waals surface area contributed by atoms with Gasteiger partial charge in [0.25, 0.3) is 0 Å². The van der Waals surface area contributed by atoms with E-state index < -0.39 is 23.3 Å². The maximum atomic E-state index is 10.1. The van der Waals surface area contributed by atoms with Crippen molar-refractivity contribution >= 4 is 23.3 Å². The molecule has 0 aromatic heterocycles. The lowest BCUT2D eigenvalue weighted by molar-refractivity contribution is -0.159. The van der Waals surface area contributed by atoms with Gasteiger partial charge in [-0.1, -0.05) is 4.57 Å². The first kappa shape index (κ1) is 10.3. The number of hydrogen-bond donors (Lipinski definition) is 2. The highest BCUT2D eigenvalue weighted by Gasteiger charge is 2.46. The summed E-state index contributed by atoms with van der Waals surface area (Å²) < 4.78 is 32.8. The molecule has 0 saturated heterocycles. The monoisotopic (exact) mass is 207 g/mol. The molecular formula is H2O7P3+. The summed E-state index contributed by atoms with van der Waals surface area (Å²) in [6, 6.07) is 0. The highest BCUT2D eigenvalue weighted by Crippen LogP contribution is 2.65. The molecule has 2 N–H and O–H groups in total. The molecule has 10 heteroatoms. The molecule has 0 aromatic carbocycles. The van der Waals surface area contributed by atoms with Crippen LogP contribution in [0.2, 0.25) is 0 Å². The van der Waals surface area contributed by atoms with Crippen LogP contribution in [0.1, 0.15) is 0 Å². The molecule has 7 nitrogen and oxygen atoms in total. The lowest BCUT2D eigenvalue weighted by Gasteiger charge is -1.87. The Morgan fingerprint density at radius 2 is 1.90 bits per heavy atom. The summed E-state index contributed by atoms with van der Waals surface area (Å²) in [5.74, 6) is 0. The van der Waals surface area contributed by atoms with E-state index in [1.807, 2.05) is 0 Å². The third-order valence-electron chi connectivity index (χ3n) is 0.383. The minimum atomic E-state index is -4.90. The first-order chi connectivity index (χ1) is 4.36. The van der Waals surface area contributed by atoms with Crippen molar-refractivity contribution in [3.05, 3.63) is 0 Å². The average molecular weight is 207 g/mol. The van der Waals surface area contributed by atoms with E-state index in [0.29, 0.717) is 0 Å². The maximum Gasteiger partial charge on any atom is 0.707 e. The van der Waals surface area contributed by atoms with Gasteiger partial charge in [-0.2, -0.15) is 0 Å². The van der Waals surface area contributed by atoms with Crippen LogP contribution in [-0.2, 0) is 18.0 Å². The Balaban J connectivity index is 4.29. The van der Waals surface area contributed by atoms with Gasteiger partial charge >= 0.3 is 23.3 Å². The first-order valence-electron chi connectivity index (χ1n) is 1.70. The van der Waals surface area contributed by atoms with Crippen molar-refractivity contribution in [3.63, 3.8) is 0 Å². The molecule has 0 bridgehead atoms. The number of rotatable bonds is 3. The molecule has 0 aliphatic rings. The van der Waals surface area contributed by atoms with Crippen molar-refractivity contribution in [2.75, 3.05) is 0 Å². The molecule has 0 aliphatic carbocycles. The largest absolute Gasteiger partial charge is 0.707 e. The van der Waals surface area contributed by atoms with Crippen molar-refractivity contribution < 1.29 is 32.7 Å². The number of hydrogen-bond acceptors (Lipinski definition) is 5. The van der Waals surface area contributed by atoms with Crippen LogP contribution in [0.15, 0.2) is 0 Å². The molecule has 0 spiro atoms. The zero-order valence-electron chi connectivity index (χ0n) is 4.28. The van der Waals surface area contributed by atoms with Gasteiger partial charge in [-0.25, -0.2) is 4.57 Å². The van der Waals surface area contributed by atoms with Gasteiger partial charge in [-0.3, -0.25) is 4.89 Å². The van der Waals surface area contributed by atoms with E-state index in [4.69, 9.17) is 9.79 Å². The minimum absolute atomic E-state index is 3.28. The fourth-order valence-electron chi connectivity index (χ4n) is 0.121. The molecule has 3 unspecified atom stereocenters. The van der Waals surface area contributed by atoms with Gasteiger partial charge < -0.3 is 4.89 Å². The van der Waals surface area contributed by atoms with Gasteiger partial charge in [0.15, 0.2) is 0 Å². The molecule has 0 radical (unpaired) electrons. The van der Waals surface area contributed by atoms with E-state index in [1.54, 1.807) is 0 Å². The normalized spacial score (nSPS) is 19.5. The molecule has 3 atom stereocenters.